The van der Waals surface area contributed by atoms with E-state index in [4.69, 9.17) is 21.4 Å². The molecule has 0 unspecified atom stereocenters. The van der Waals surface area contributed by atoms with Crippen LogP contribution in [0.5, 0.6) is 0 Å². The molecular formula is C20H17N3O4S. The lowest BCUT2D eigenvalue weighted by molar-refractivity contribution is 0.0600. The second kappa shape index (κ2) is 8.83. The number of ether oxygens (including phenoxy) is 1. The van der Waals surface area contributed by atoms with Crippen LogP contribution in [-0.2, 0) is 4.74 Å². The predicted molar refractivity (Wildman–Crippen MR) is 111 cm³/mol. The smallest absolute Gasteiger partial charge is 0.337 e. The van der Waals surface area contributed by atoms with Crippen molar-refractivity contribution in [2.24, 2.45) is 0 Å². The lowest BCUT2D eigenvalue weighted by Crippen LogP contribution is -2.19. The fourth-order valence-electron chi connectivity index (χ4n) is 2.37. The molecule has 2 aromatic carbocycles. The summed E-state index contributed by atoms with van der Waals surface area (Å²) in [6.45, 7) is 0. The molecule has 0 saturated heterocycles. The van der Waals surface area contributed by atoms with Crippen molar-refractivity contribution in [3.63, 3.8) is 0 Å². The standard InChI is InChI=1S/C20H17N3O4S/c1-26-19(25)13-4-2-5-16(12-13)23-20(28)22-15-9-7-14(8-10-15)21-18(24)17-6-3-11-27-17/h2-12H,1H3,(H,21,24)(H2,22,23,28). The zero-order valence-electron chi connectivity index (χ0n) is 14.9. The number of amides is 1. The first-order valence-electron chi connectivity index (χ1n) is 8.26. The third-order valence-electron chi connectivity index (χ3n) is 3.69. The van der Waals surface area contributed by atoms with Crippen molar-refractivity contribution in [3.8, 4) is 0 Å². The molecule has 0 saturated carbocycles. The Morgan fingerprint density at radius 2 is 1.57 bits per heavy atom. The summed E-state index contributed by atoms with van der Waals surface area (Å²) in [6, 6.07) is 17.1. The normalized spacial score (nSPS) is 10.0. The van der Waals surface area contributed by atoms with E-state index in [9.17, 15) is 9.59 Å². The number of anilines is 3. The Morgan fingerprint density at radius 1 is 0.893 bits per heavy atom. The van der Waals surface area contributed by atoms with Crippen molar-refractivity contribution in [2.75, 3.05) is 23.1 Å². The molecular weight excluding hydrogens is 378 g/mol. The maximum Gasteiger partial charge on any atom is 0.337 e. The number of carbonyl (C=O) groups is 2. The maximum atomic E-state index is 12.0. The summed E-state index contributed by atoms with van der Waals surface area (Å²) in [5.74, 6) is -0.509. The van der Waals surface area contributed by atoms with Crippen LogP contribution in [0.4, 0.5) is 17.1 Å². The predicted octanol–water partition coefficient (Wildman–Crippen LogP) is 4.13. The van der Waals surface area contributed by atoms with Gasteiger partial charge >= 0.3 is 5.97 Å². The molecule has 1 aromatic heterocycles. The summed E-state index contributed by atoms with van der Waals surface area (Å²) in [5.41, 5.74) is 2.43. The number of carbonyl (C=O) groups excluding carboxylic acids is 2. The summed E-state index contributed by atoms with van der Waals surface area (Å²) >= 11 is 5.29. The Labute approximate surface area is 166 Å². The van der Waals surface area contributed by atoms with Crippen molar-refractivity contribution in [1.82, 2.24) is 0 Å². The second-order valence-corrected chi connectivity index (χ2v) is 6.07. The molecule has 0 spiro atoms. The number of methoxy groups -OCH3 is 1. The van der Waals surface area contributed by atoms with Crippen LogP contribution in [0.2, 0.25) is 0 Å². The van der Waals surface area contributed by atoms with Crippen molar-refractivity contribution in [3.05, 3.63) is 78.3 Å². The minimum Gasteiger partial charge on any atom is -0.465 e. The fourth-order valence-corrected chi connectivity index (χ4v) is 2.61. The van der Waals surface area contributed by atoms with Crippen LogP contribution >= 0.6 is 12.2 Å². The van der Waals surface area contributed by atoms with Gasteiger partial charge in [-0.25, -0.2) is 4.79 Å². The van der Waals surface area contributed by atoms with E-state index in [0.29, 0.717) is 22.1 Å². The van der Waals surface area contributed by atoms with Gasteiger partial charge in [0.05, 0.1) is 18.9 Å². The number of esters is 1. The summed E-state index contributed by atoms with van der Waals surface area (Å²) in [7, 11) is 1.33. The van der Waals surface area contributed by atoms with Gasteiger partial charge in [0.25, 0.3) is 5.91 Å². The van der Waals surface area contributed by atoms with Gasteiger partial charge in [0.1, 0.15) is 0 Å². The zero-order chi connectivity index (χ0) is 19.9. The van der Waals surface area contributed by atoms with E-state index in [2.05, 4.69) is 16.0 Å². The molecule has 0 fully saturated rings. The summed E-state index contributed by atoms with van der Waals surface area (Å²) in [4.78, 5) is 23.5. The largest absolute Gasteiger partial charge is 0.465 e. The molecule has 0 aliphatic heterocycles. The van der Waals surface area contributed by atoms with Crippen molar-refractivity contribution in [1.29, 1.82) is 0 Å². The molecule has 8 heteroatoms. The highest BCUT2D eigenvalue weighted by atomic mass is 32.1. The second-order valence-electron chi connectivity index (χ2n) is 5.66. The first kappa shape index (κ1) is 19.1. The van der Waals surface area contributed by atoms with Gasteiger partial charge < -0.3 is 25.1 Å². The van der Waals surface area contributed by atoms with Crippen molar-refractivity contribution >= 4 is 46.3 Å². The monoisotopic (exact) mass is 395 g/mol. The topological polar surface area (TPSA) is 92.6 Å². The molecule has 1 amide bonds. The molecule has 7 nitrogen and oxygen atoms in total. The first-order chi connectivity index (χ1) is 13.5. The third kappa shape index (κ3) is 4.95. The molecule has 142 valence electrons. The van der Waals surface area contributed by atoms with E-state index >= 15 is 0 Å². The molecule has 3 aromatic rings. The summed E-state index contributed by atoms with van der Waals surface area (Å²) in [5, 5.41) is 9.13. The molecule has 1 heterocycles. The van der Waals surface area contributed by atoms with Gasteiger partial charge in [-0.05, 0) is 66.8 Å². The number of thiocarbonyl (C=S) groups is 1. The van der Waals surface area contributed by atoms with Crippen LogP contribution in [0.3, 0.4) is 0 Å². The highest BCUT2D eigenvalue weighted by Gasteiger charge is 2.09. The molecule has 0 aliphatic rings. The van der Waals surface area contributed by atoms with Crippen LogP contribution in [0.1, 0.15) is 20.9 Å². The number of hydrogen-bond acceptors (Lipinski definition) is 5. The molecule has 0 radical (unpaired) electrons. The Hall–Kier alpha value is -3.65. The van der Waals surface area contributed by atoms with E-state index < -0.39 is 5.97 Å². The van der Waals surface area contributed by atoms with Gasteiger partial charge in [0.15, 0.2) is 10.9 Å². The van der Waals surface area contributed by atoms with Crippen LogP contribution < -0.4 is 16.0 Å². The van der Waals surface area contributed by atoms with Gasteiger partial charge in [0.2, 0.25) is 0 Å². The van der Waals surface area contributed by atoms with E-state index in [1.54, 1.807) is 60.7 Å². The molecule has 0 atom stereocenters. The number of benzene rings is 2. The summed E-state index contributed by atoms with van der Waals surface area (Å²) in [6.07, 6.45) is 1.44. The molecule has 0 bridgehead atoms. The molecule has 3 N–H and O–H groups in total. The van der Waals surface area contributed by atoms with Crippen LogP contribution in [0.25, 0.3) is 0 Å². The average molecular weight is 395 g/mol. The Kier molecular flexibility index (Phi) is 6.03. The van der Waals surface area contributed by atoms with Gasteiger partial charge in [0, 0.05) is 17.1 Å². The number of hydrogen-bond donors (Lipinski definition) is 3. The Morgan fingerprint density at radius 3 is 2.21 bits per heavy atom. The average Bonchev–Trinajstić information content (AvgIpc) is 3.24. The number of nitrogens with one attached hydrogen (secondary N) is 3. The minimum absolute atomic E-state index is 0.238. The maximum absolute atomic E-state index is 12.0. The van der Waals surface area contributed by atoms with E-state index in [1.807, 2.05) is 0 Å². The van der Waals surface area contributed by atoms with Crippen molar-refractivity contribution in [2.45, 2.75) is 0 Å². The highest BCUT2D eigenvalue weighted by molar-refractivity contribution is 7.80. The van der Waals surface area contributed by atoms with Gasteiger partial charge in [-0.3, -0.25) is 4.79 Å². The van der Waals surface area contributed by atoms with Gasteiger partial charge in [-0.2, -0.15) is 0 Å². The number of rotatable bonds is 5. The van der Waals surface area contributed by atoms with Crippen LogP contribution in [0.15, 0.2) is 71.3 Å². The summed E-state index contributed by atoms with van der Waals surface area (Å²) < 4.78 is 9.76. The van der Waals surface area contributed by atoms with E-state index in [1.165, 1.54) is 13.4 Å². The fraction of sp³-hybridized carbons (Fsp3) is 0.0500. The van der Waals surface area contributed by atoms with Gasteiger partial charge in [-0.1, -0.05) is 6.07 Å². The molecule has 28 heavy (non-hydrogen) atoms. The minimum atomic E-state index is -0.422. The Balaban J connectivity index is 1.57. The van der Waals surface area contributed by atoms with E-state index in [-0.39, 0.29) is 11.7 Å². The Bertz CT molecular complexity index is 985. The highest BCUT2D eigenvalue weighted by Crippen LogP contribution is 2.16. The molecule has 0 aliphatic carbocycles. The van der Waals surface area contributed by atoms with Gasteiger partial charge in [-0.15, -0.1) is 0 Å². The van der Waals surface area contributed by atoms with Crippen molar-refractivity contribution < 1.29 is 18.7 Å². The lowest BCUT2D eigenvalue weighted by atomic mass is 10.2. The first-order valence-corrected chi connectivity index (χ1v) is 8.67. The third-order valence-corrected chi connectivity index (χ3v) is 3.89. The quantitative estimate of drug-likeness (QED) is 0.442. The zero-order valence-corrected chi connectivity index (χ0v) is 15.7. The molecule has 3 rings (SSSR count). The lowest BCUT2D eigenvalue weighted by Gasteiger charge is -2.12. The van der Waals surface area contributed by atoms with Crippen LogP contribution in [0, 0.1) is 0 Å². The van der Waals surface area contributed by atoms with Crippen LogP contribution in [-0.4, -0.2) is 24.1 Å². The van der Waals surface area contributed by atoms with E-state index in [0.717, 1.165) is 5.69 Å². The number of furan rings is 1. The SMILES string of the molecule is COC(=O)c1cccc(NC(=S)Nc2ccc(NC(=O)c3ccco3)cc2)c1.